The van der Waals surface area contributed by atoms with Crippen LogP contribution in [0.3, 0.4) is 0 Å². The van der Waals surface area contributed by atoms with Gasteiger partial charge in [0.05, 0.1) is 0 Å². The Morgan fingerprint density at radius 3 is 1.19 bits per heavy atom. The predicted octanol–water partition coefficient (Wildman–Crippen LogP) is 3.55. The number of rotatable bonds is 19. The van der Waals surface area contributed by atoms with Crippen LogP contribution in [-0.2, 0) is 18.9 Å². The van der Waals surface area contributed by atoms with Crippen LogP contribution in [0.4, 0.5) is 0 Å². The molecular weight excluding hydrogens is 441 g/mol. The van der Waals surface area contributed by atoms with Gasteiger partial charge in [0.1, 0.15) is 0 Å². The van der Waals surface area contributed by atoms with Crippen LogP contribution in [0.5, 0.6) is 0 Å². The fourth-order valence-corrected chi connectivity index (χ4v) is 10.9. The van der Waals surface area contributed by atoms with Crippen molar-refractivity contribution in [2.24, 2.45) is 0 Å². The normalized spacial score (nSPS) is 14.5. The Bertz CT molecular complexity index is 269. The number of ether oxygens (including phenoxy) is 4. The van der Waals surface area contributed by atoms with Crippen molar-refractivity contribution in [2.75, 3.05) is 37.9 Å². The molecule has 0 rings (SSSR count). The fourth-order valence-electron chi connectivity index (χ4n) is 2.26. The summed E-state index contributed by atoms with van der Waals surface area (Å²) in [4.78, 5) is 0. The van der Waals surface area contributed by atoms with Crippen LogP contribution in [0.2, 0.25) is 11.1 Å². The highest BCUT2D eigenvalue weighted by molar-refractivity contribution is 9.26. The lowest BCUT2D eigenvalue weighted by molar-refractivity contribution is -0.138. The molecule has 10 heteroatoms. The molecule has 158 valence electrons. The maximum Gasteiger partial charge on any atom is 0.157 e. The second-order valence-electron chi connectivity index (χ2n) is 5.87. The van der Waals surface area contributed by atoms with Crippen LogP contribution in [0.25, 0.3) is 0 Å². The van der Waals surface area contributed by atoms with Crippen LogP contribution in [0, 0.1) is 0 Å². The van der Waals surface area contributed by atoms with Gasteiger partial charge in [-0.15, -0.1) is 0 Å². The molecule has 2 atom stereocenters. The van der Waals surface area contributed by atoms with Crippen LogP contribution in [0.15, 0.2) is 0 Å². The predicted molar refractivity (Wildman–Crippen MR) is 131 cm³/mol. The van der Waals surface area contributed by atoms with Crippen molar-refractivity contribution in [3.05, 3.63) is 0 Å². The van der Waals surface area contributed by atoms with E-state index in [4.69, 9.17) is 18.9 Å². The van der Waals surface area contributed by atoms with Crippen LogP contribution in [0.1, 0.15) is 40.5 Å². The summed E-state index contributed by atoms with van der Waals surface area (Å²) >= 11 is 0. The topological polar surface area (TPSA) is 36.9 Å². The molecule has 0 fully saturated rings. The van der Waals surface area contributed by atoms with Gasteiger partial charge in [-0.25, -0.2) is 0 Å². The van der Waals surface area contributed by atoms with Crippen molar-refractivity contribution in [3.8, 4) is 0 Å². The van der Waals surface area contributed by atoms with E-state index in [9.17, 15) is 0 Å². The van der Waals surface area contributed by atoms with Gasteiger partial charge in [0.25, 0.3) is 0 Å². The summed E-state index contributed by atoms with van der Waals surface area (Å²) in [6, 6.07) is 0. The molecule has 0 N–H and O–H groups in total. The number of hydrogen-bond acceptors (Lipinski definition) is 8. The molecule has 0 amide bonds. The first-order valence-corrected chi connectivity index (χ1v) is 17.1. The van der Waals surface area contributed by atoms with Gasteiger partial charge in [-0.05, 0) is 71.3 Å². The van der Waals surface area contributed by atoms with E-state index in [0.29, 0.717) is 11.1 Å². The van der Waals surface area contributed by atoms with Crippen LogP contribution in [-0.4, -0.2) is 71.0 Å². The summed E-state index contributed by atoms with van der Waals surface area (Å²) in [6.07, 6.45) is 2.34. The molecule has 2 unspecified atom stereocenters. The minimum absolute atomic E-state index is 0.00132. The van der Waals surface area contributed by atoms with Crippen molar-refractivity contribution >= 4 is 61.7 Å². The molecule has 0 bridgehead atoms. The molecule has 0 heterocycles. The second-order valence-corrected chi connectivity index (χ2v) is 15.1. The quantitative estimate of drug-likeness (QED) is 0.121. The number of hydrogen-bond donors (Lipinski definition) is 0. The lowest BCUT2D eigenvalue weighted by Crippen LogP contribution is -2.24. The largest absolute Gasteiger partial charge is 0.353 e. The molecule has 0 aliphatic rings. The van der Waals surface area contributed by atoms with Gasteiger partial charge in [0.2, 0.25) is 0 Å². The molecule has 0 aromatic heterocycles. The third-order valence-electron chi connectivity index (χ3n) is 3.69. The first kappa shape index (κ1) is 27.7. The van der Waals surface area contributed by atoms with E-state index in [1.54, 1.807) is 0 Å². The molecule has 0 spiro atoms. The zero-order chi connectivity index (χ0) is 19.6. The van der Waals surface area contributed by atoms with E-state index >= 15 is 0 Å². The highest BCUT2D eigenvalue weighted by atomic mass is 33.7. The van der Waals surface area contributed by atoms with Crippen LogP contribution < -0.4 is 0 Å². The monoisotopic (exact) mass is 478 g/mol. The summed E-state index contributed by atoms with van der Waals surface area (Å²) in [5.41, 5.74) is 1.14. The van der Waals surface area contributed by atoms with E-state index in [1.807, 2.05) is 68.9 Å². The fraction of sp³-hybridized carbons (Fsp3) is 1.00. The molecule has 0 aromatic carbocycles. The molecule has 0 aliphatic heterocycles. The average molecular weight is 479 g/mol. The average Bonchev–Trinajstić information content (AvgIpc) is 2.63. The first-order chi connectivity index (χ1) is 12.6. The summed E-state index contributed by atoms with van der Waals surface area (Å²) in [5, 5.41) is 0. The Balaban J connectivity index is 3.68. The molecule has 0 aromatic rings. The Hall–Kier alpha value is 1.67. The standard InChI is InChI=1S/C16H38O4S4Si2/c1-5-17-15(18-6-2)13(25)9-11-21-23-24-22-12-10-14(26)16(19-7-3)20-8-4/h13-16H,5-12H2,1-4,25-26H3. The molecule has 0 aliphatic carbocycles. The molecular formula is C16H38O4S4Si2. The molecule has 0 saturated carbocycles. The Morgan fingerprint density at radius 1 is 0.615 bits per heavy atom. The smallest absolute Gasteiger partial charge is 0.157 e. The third kappa shape index (κ3) is 14.6. The third-order valence-corrected chi connectivity index (χ3v) is 12.5. The summed E-state index contributed by atoms with van der Waals surface area (Å²) in [6.45, 7) is 11.1. The highest BCUT2D eigenvalue weighted by Gasteiger charge is 2.18. The summed E-state index contributed by atoms with van der Waals surface area (Å²) in [7, 11) is 9.90. The van der Waals surface area contributed by atoms with Crippen molar-refractivity contribution in [1.82, 2.24) is 0 Å². The van der Waals surface area contributed by atoms with Gasteiger partial charge in [-0.1, -0.05) is 21.6 Å². The van der Waals surface area contributed by atoms with Crippen molar-refractivity contribution in [3.63, 3.8) is 0 Å². The Kier molecular flexibility index (Phi) is 21.3. The van der Waals surface area contributed by atoms with E-state index in [2.05, 4.69) is 0 Å². The van der Waals surface area contributed by atoms with E-state index in [1.165, 1.54) is 12.8 Å². The van der Waals surface area contributed by atoms with Crippen molar-refractivity contribution in [2.45, 2.75) is 64.2 Å². The lowest BCUT2D eigenvalue weighted by atomic mass is 10.3. The lowest BCUT2D eigenvalue weighted by Gasteiger charge is -2.23. The van der Waals surface area contributed by atoms with Crippen molar-refractivity contribution in [1.29, 1.82) is 0 Å². The highest BCUT2D eigenvalue weighted by Crippen LogP contribution is 2.44. The maximum atomic E-state index is 5.70. The summed E-state index contributed by atoms with van der Waals surface area (Å²) < 4.78 is 22.8. The van der Waals surface area contributed by atoms with E-state index < -0.39 is 0 Å². The van der Waals surface area contributed by atoms with Gasteiger partial charge >= 0.3 is 0 Å². The summed E-state index contributed by atoms with van der Waals surface area (Å²) in [5.74, 6) is 2.31. The minimum Gasteiger partial charge on any atom is -0.353 e. The maximum absolute atomic E-state index is 5.70. The van der Waals surface area contributed by atoms with E-state index in [-0.39, 0.29) is 12.6 Å². The molecule has 26 heavy (non-hydrogen) atoms. The minimum atomic E-state index is -0.00132. The van der Waals surface area contributed by atoms with E-state index in [0.717, 1.165) is 58.4 Å². The van der Waals surface area contributed by atoms with Gasteiger partial charge < -0.3 is 18.9 Å². The van der Waals surface area contributed by atoms with Crippen molar-refractivity contribution < 1.29 is 18.9 Å². The molecule has 0 saturated heterocycles. The Labute approximate surface area is 182 Å². The SMILES string of the molecule is CCOC(OCC)C([SiH3])CCSSSSCCC([SiH3])C(OCC)OCC. The molecule has 4 nitrogen and oxygen atoms in total. The van der Waals surface area contributed by atoms with Crippen LogP contribution >= 0.6 is 41.2 Å². The van der Waals surface area contributed by atoms with Gasteiger partial charge in [-0.2, -0.15) is 0 Å². The van der Waals surface area contributed by atoms with Gasteiger partial charge in [0, 0.05) is 58.4 Å². The molecule has 0 radical (unpaired) electrons. The zero-order valence-corrected chi connectivity index (χ0v) is 24.5. The Morgan fingerprint density at radius 2 is 0.923 bits per heavy atom. The second kappa shape index (κ2) is 20.0. The van der Waals surface area contributed by atoms with Gasteiger partial charge in [-0.3, -0.25) is 0 Å². The van der Waals surface area contributed by atoms with Gasteiger partial charge in [0.15, 0.2) is 12.6 Å². The zero-order valence-electron chi connectivity index (χ0n) is 17.2. The first-order valence-electron chi connectivity index (χ1n) is 9.64.